The van der Waals surface area contributed by atoms with Gasteiger partial charge in [-0.2, -0.15) is 0 Å². The van der Waals surface area contributed by atoms with Crippen LogP contribution in [-0.2, 0) is 25.5 Å². The van der Waals surface area contributed by atoms with E-state index in [0.29, 0.717) is 25.7 Å². The minimum absolute atomic E-state index is 0.111. The maximum atomic E-state index is 13.2. The van der Waals surface area contributed by atoms with Gasteiger partial charge in [0.05, 0.1) is 12.0 Å². The number of hydrogen-bond acceptors (Lipinski definition) is 5. The van der Waals surface area contributed by atoms with Gasteiger partial charge in [0.15, 0.2) is 0 Å². The predicted molar refractivity (Wildman–Crippen MR) is 103 cm³/mol. The second kappa shape index (κ2) is 8.33. The average molecular weight is 387 g/mol. The Morgan fingerprint density at radius 2 is 1.96 bits per heavy atom. The largest absolute Gasteiger partial charge is 0.459 e. The Bertz CT molecular complexity index is 734. The first kappa shape index (κ1) is 20.4. The van der Waals surface area contributed by atoms with Gasteiger partial charge in [-0.3, -0.25) is 9.59 Å². The van der Waals surface area contributed by atoms with Crippen LogP contribution < -0.4 is 0 Å². The number of carbonyl (C=O) groups is 3. The summed E-state index contributed by atoms with van der Waals surface area (Å²) in [7, 11) is 0. The zero-order valence-corrected chi connectivity index (χ0v) is 16.8. The number of amides is 2. The van der Waals surface area contributed by atoms with E-state index in [4.69, 9.17) is 9.47 Å². The van der Waals surface area contributed by atoms with Gasteiger partial charge in [-0.15, -0.1) is 0 Å². The van der Waals surface area contributed by atoms with E-state index in [0.717, 1.165) is 12.0 Å². The molecular formula is C22H29NO5. The van der Waals surface area contributed by atoms with E-state index in [1.54, 1.807) is 0 Å². The molecule has 0 saturated carbocycles. The molecule has 2 aliphatic rings. The molecule has 6 heteroatoms. The van der Waals surface area contributed by atoms with Crippen molar-refractivity contribution in [3.05, 3.63) is 35.9 Å². The van der Waals surface area contributed by atoms with Gasteiger partial charge in [0.1, 0.15) is 12.2 Å². The Kier molecular flexibility index (Phi) is 6.06. The van der Waals surface area contributed by atoms with Crippen molar-refractivity contribution in [1.29, 1.82) is 0 Å². The quantitative estimate of drug-likeness (QED) is 0.667. The van der Waals surface area contributed by atoms with Crippen LogP contribution in [0.2, 0.25) is 0 Å². The molecule has 3 rings (SSSR count). The highest BCUT2D eigenvalue weighted by Crippen LogP contribution is 2.38. The fourth-order valence-electron chi connectivity index (χ4n) is 4.30. The number of cyclic esters (lactones) is 2. The van der Waals surface area contributed by atoms with Crippen molar-refractivity contribution in [3.8, 4) is 0 Å². The van der Waals surface area contributed by atoms with Gasteiger partial charge >= 0.3 is 12.1 Å². The molecule has 0 N–H and O–H groups in total. The van der Waals surface area contributed by atoms with Crippen LogP contribution in [0.5, 0.6) is 0 Å². The molecule has 152 valence electrons. The summed E-state index contributed by atoms with van der Waals surface area (Å²) in [6, 6.07) is 9.46. The maximum Gasteiger partial charge on any atom is 0.416 e. The fraction of sp³-hybridized carbons (Fsp3) is 0.591. The zero-order valence-electron chi connectivity index (χ0n) is 16.8. The highest BCUT2D eigenvalue weighted by atomic mass is 16.6. The summed E-state index contributed by atoms with van der Waals surface area (Å²) >= 11 is 0. The van der Waals surface area contributed by atoms with Crippen molar-refractivity contribution in [2.75, 3.05) is 6.61 Å². The number of hydrogen-bond donors (Lipinski definition) is 0. The Labute approximate surface area is 166 Å². The van der Waals surface area contributed by atoms with Crippen molar-refractivity contribution in [2.45, 2.75) is 64.5 Å². The molecular weight excluding hydrogens is 358 g/mol. The first-order valence-electron chi connectivity index (χ1n) is 10.1. The van der Waals surface area contributed by atoms with Crippen LogP contribution in [0.25, 0.3) is 0 Å². The first-order chi connectivity index (χ1) is 13.4. The smallest absolute Gasteiger partial charge is 0.416 e. The monoisotopic (exact) mass is 387 g/mol. The van der Waals surface area contributed by atoms with Crippen LogP contribution in [0.4, 0.5) is 4.79 Å². The Morgan fingerprint density at radius 3 is 2.57 bits per heavy atom. The Hall–Kier alpha value is -2.37. The van der Waals surface area contributed by atoms with Crippen molar-refractivity contribution >= 4 is 18.0 Å². The molecule has 0 radical (unpaired) electrons. The van der Waals surface area contributed by atoms with Gasteiger partial charge in [-0.25, -0.2) is 9.69 Å². The van der Waals surface area contributed by atoms with E-state index in [1.807, 2.05) is 51.1 Å². The molecule has 2 aliphatic heterocycles. The minimum atomic E-state index is -0.660. The second-order valence-electron chi connectivity index (χ2n) is 8.12. The fourth-order valence-corrected chi connectivity index (χ4v) is 4.30. The van der Waals surface area contributed by atoms with Gasteiger partial charge < -0.3 is 9.47 Å². The summed E-state index contributed by atoms with van der Waals surface area (Å²) in [6.45, 7) is 5.99. The molecule has 1 aromatic carbocycles. The second-order valence-corrected chi connectivity index (χ2v) is 8.12. The van der Waals surface area contributed by atoms with E-state index in [1.165, 1.54) is 4.90 Å². The number of ether oxygens (including phenoxy) is 2. The molecule has 2 amide bonds. The first-order valence-corrected chi connectivity index (χ1v) is 10.1. The van der Waals surface area contributed by atoms with Crippen LogP contribution in [0.1, 0.15) is 52.0 Å². The number of nitrogens with zero attached hydrogens (tertiary/aromatic N) is 1. The highest BCUT2D eigenvalue weighted by molar-refractivity contribution is 5.95. The summed E-state index contributed by atoms with van der Waals surface area (Å²) in [5.41, 5.74) is 0.395. The lowest BCUT2D eigenvalue weighted by molar-refractivity contribution is -0.152. The lowest BCUT2D eigenvalue weighted by atomic mass is 9.84. The normalized spacial score (nSPS) is 28.2. The predicted octanol–water partition coefficient (Wildman–Crippen LogP) is 3.72. The van der Waals surface area contributed by atoms with Crippen LogP contribution in [0.15, 0.2) is 30.3 Å². The van der Waals surface area contributed by atoms with Crippen LogP contribution in [-0.4, -0.2) is 41.1 Å². The number of rotatable bonds is 7. The number of benzene rings is 1. The van der Waals surface area contributed by atoms with Crippen molar-refractivity contribution in [2.24, 2.45) is 11.8 Å². The van der Waals surface area contributed by atoms with E-state index in [9.17, 15) is 14.4 Å². The standard InChI is InChI=1S/C22H29NO5/c1-4-16(12-22(3)13-17(5-2)20(25)28-22)19(24)23-18(14-27-21(23)26)11-15-9-7-6-8-10-15/h6-10,16-18H,4-5,11-14H2,1-3H3/t16-,17-,18+,22+/m1/s1. The number of imide groups is 1. The molecule has 6 nitrogen and oxygen atoms in total. The topological polar surface area (TPSA) is 72.9 Å². The van der Waals surface area contributed by atoms with Gasteiger partial charge in [-0.05, 0) is 38.2 Å². The van der Waals surface area contributed by atoms with Crippen molar-refractivity contribution < 1.29 is 23.9 Å². The molecule has 1 aromatic rings. The minimum Gasteiger partial charge on any atom is -0.459 e. The van der Waals surface area contributed by atoms with Gasteiger partial charge in [0, 0.05) is 12.3 Å². The van der Waals surface area contributed by atoms with E-state index >= 15 is 0 Å². The van der Waals surface area contributed by atoms with E-state index in [-0.39, 0.29) is 30.4 Å². The van der Waals surface area contributed by atoms with Crippen LogP contribution in [0, 0.1) is 11.8 Å². The lowest BCUT2D eigenvalue weighted by Crippen LogP contribution is -2.45. The summed E-state index contributed by atoms with van der Waals surface area (Å²) in [5, 5.41) is 0. The van der Waals surface area contributed by atoms with Crippen LogP contribution >= 0.6 is 0 Å². The molecule has 0 bridgehead atoms. The maximum absolute atomic E-state index is 13.2. The molecule has 2 saturated heterocycles. The summed E-state index contributed by atoms with van der Waals surface area (Å²) < 4.78 is 10.8. The van der Waals surface area contributed by atoms with E-state index in [2.05, 4.69) is 0 Å². The van der Waals surface area contributed by atoms with Crippen molar-refractivity contribution in [1.82, 2.24) is 4.90 Å². The summed E-state index contributed by atoms with van der Waals surface area (Å²) in [6.07, 6.45) is 2.33. The molecule has 0 aromatic heterocycles. The lowest BCUT2D eigenvalue weighted by Gasteiger charge is -2.30. The van der Waals surface area contributed by atoms with Crippen molar-refractivity contribution in [3.63, 3.8) is 0 Å². The molecule has 2 fully saturated rings. The molecule has 0 aliphatic carbocycles. The number of esters is 1. The highest BCUT2D eigenvalue weighted by Gasteiger charge is 2.47. The molecule has 4 atom stereocenters. The van der Waals surface area contributed by atoms with Gasteiger partial charge in [0.25, 0.3) is 0 Å². The van der Waals surface area contributed by atoms with Gasteiger partial charge in [-0.1, -0.05) is 44.2 Å². The zero-order chi connectivity index (χ0) is 20.3. The third kappa shape index (κ3) is 4.21. The SMILES string of the molecule is CC[C@@H]1C[C@](C)(C[C@@H](CC)C(=O)N2C(=O)OC[C@@H]2Cc2ccccc2)OC1=O. The van der Waals surface area contributed by atoms with E-state index < -0.39 is 17.6 Å². The summed E-state index contributed by atoms with van der Waals surface area (Å²) in [5.74, 6) is -0.921. The Morgan fingerprint density at radius 1 is 1.25 bits per heavy atom. The molecule has 28 heavy (non-hydrogen) atoms. The average Bonchev–Trinajstić information content (AvgIpc) is 3.18. The molecule has 0 unspecified atom stereocenters. The van der Waals surface area contributed by atoms with Crippen LogP contribution in [0.3, 0.4) is 0 Å². The third-order valence-electron chi connectivity index (χ3n) is 5.88. The molecule has 2 heterocycles. The summed E-state index contributed by atoms with van der Waals surface area (Å²) in [4.78, 5) is 38.8. The third-order valence-corrected chi connectivity index (χ3v) is 5.88. The Balaban J connectivity index is 1.72. The number of carbonyl (C=O) groups excluding carboxylic acids is 3. The molecule has 0 spiro atoms. The van der Waals surface area contributed by atoms with Gasteiger partial charge in [0.2, 0.25) is 5.91 Å².